The van der Waals surface area contributed by atoms with Crippen LogP contribution in [0.25, 0.3) is 0 Å². The number of rotatable bonds is 7. The zero-order chi connectivity index (χ0) is 16.0. The number of hydrogen-bond acceptors (Lipinski definition) is 4. The van der Waals surface area contributed by atoms with Gasteiger partial charge >= 0.3 is 0 Å². The molecule has 5 nitrogen and oxygen atoms in total. The fourth-order valence-corrected chi connectivity index (χ4v) is 2.92. The van der Waals surface area contributed by atoms with E-state index in [1.807, 2.05) is 0 Å². The van der Waals surface area contributed by atoms with Gasteiger partial charge in [0.05, 0.1) is 22.8 Å². The smallest absolute Gasteiger partial charge is 0.235 e. The van der Waals surface area contributed by atoms with Crippen LogP contribution in [0.2, 0.25) is 0 Å². The summed E-state index contributed by atoms with van der Waals surface area (Å²) in [6.45, 7) is 6.40. The fourth-order valence-electron chi connectivity index (χ4n) is 1.73. The Bertz CT molecular complexity index is 518. The standard InChI is InChI=1S/C15H24N2O3S/c1-10(2)7-8-17-15(18)11(3)21(19)14-9-12(20-4)5-6-13(14)16/h5-6,9-11H,7-8,16H2,1-4H3,(H,17,18). The molecule has 0 saturated heterocycles. The lowest BCUT2D eigenvalue weighted by molar-refractivity contribution is -0.120. The van der Waals surface area contributed by atoms with Gasteiger partial charge in [0.1, 0.15) is 11.0 Å². The van der Waals surface area contributed by atoms with Crippen LogP contribution in [0.1, 0.15) is 27.2 Å². The summed E-state index contributed by atoms with van der Waals surface area (Å²) in [5, 5.41) is 2.15. The van der Waals surface area contributed by atoms with Gasteiger partial charge in [0.2, 0.25) is 5.91 Å². The molecule has 1 amide bonds. The van der Waals surface area contributed by atoms with Gasteiger partial charge in [0, 0.05) is 12.2 Å². The van der Waals surface area contributed by atoms with Crippen LogP contribution in [-0.2, 0) is 15.6 Å². The van der Waals surface area contributed by atoms with Gasteiger partial charge in [-0.15, -0.1) is 0 Å². The van der Waals surface area contributed by atoms with Crippen LogP contribution in [0.3, 0.4) is 0 Å². The highest BCUT2D eigenvalue weighted by molar-refractivity contribution is 7.86. The molecule has 1 rings (SSSR count). The van der Waals surface area contributed by atoms with Crippen molar-refractivity contribution in [3.05, 3.63) is 18.2 Å². The number of hydrogen-bond donors (Lipinski definition) is 2. The first-order valence-corrected chi connectivity index (χ1v) is 8.20. The van der Waals surface area contributed by atoms with Gasteiger partial charge in [-0.05, 0) is 37.5 Å². The van der Waals surface area contributed by atoms with Crippen molar-refractivity contribution in [2.45, 2.75) is 37.3 Å². The second-order valence-corrected chi connectivity index (χ2v) is 7.06. The van der Waals surface area contributed by atoms with Gasteiger partial charge in [-0.2, -0.15) is 0 Å². The van der Waals surface area contributed by atoms with Crippen LogP contribution in [-0.4, -0.2) is 29.0 Å². The third-order valence-corrected chi connectivity index (χ3v) is 4.79. The molecular formula is C15H24N2O3S. The Labute approximate surface area is 128 Å². The van der Waals surface area contributed by atoms with Crippen molar-refractivity contribution >= 4 is 22.4 Å². The number of nitrogen functional groups attached to an aromatic ring is 1. The molecule has 6 heteroatoms. The molecule has 0 aliphatic carbocycles. The Morgan fingerprint density at radius 3 is 2.62 bits per heavy atom. The van der Waals surface area contributed by atoms with Crippen LogP contribution >= 0.6 is 0 Å². The molecule has 0 aliphatic rings. The summed E-state index contributed by atoms with van der Waals surface area (Å²) in [5.41, 5.74) is 6.24. The topological polar surface area (TPSA) is 81.4 Å². The Hall–Kier alpha value is -1.56. The second kappa shape index (κ2) is 8.02. The normalized spacial score (nSPS) is 13.8. The summed E-state index contributed by atoms with van der Waals surface area (Å²) in [5.74, 6) is 0.858. The number of carbonyl (C=O) groups excluding carboxylic acids is 1. The molecule has 0 fully saturated rings. The summed E-state index contributed by atoms with van der Waals surface area (Å²) < 4.78 is 17.6. The molecule has 0 spiro atoms. The van der Waals surface area contributed by atoms with Crippen molar-refractivity contribution in [1.82, 2.24) is 5.32 Å². The summed E-state index contributed by atoms with van der Waals surface area (Å²) in [7, 11) is 0.0151. The third kappa shape index (κ3) is 5.04. The number of amides is 1. The minimum Gasteiger partial charge on any atom is -0.497 e. The van der Waals surface area contributed by atoms with E-state index in [-0.39, 0.29) is 5.91 Å². The Kier molecular flexibility index (Phi) is 6.68. The van der Waals surface area contributed by atoms with Crippen LogP contribution in [0, 0.1) is 5.92 Å². The highest BCUT2D eigenvalue weighted by Crippen LogP contribution is 2.24. The maximum Gasteiger partial charge on any atom is 0.235 e. The number of ether oxygens (including phenoxy) is 1. The van der Waals surface area contributed by atoms with Crippen molar-refractivity contribution in [2.75, 3.05) is 19.4 Å². The third-order valence-electron chi connectivity index (χ3n) is 3.15. The van der Waals surface area contributed by atoms with Crippen molar-refractivity contribution < 1.29 is 13.7 Å². The fraction of sp³-hybridized carbons (Fsp3) is 0.533. The lowest BCUT2D eigenvalue weighted by Crippen LogP contribution is -2.36. The van der Waals surface area contributed by atoms with E-state index >= 15 is 0 Å². The van der Waals surface area contributed by atoms with Crippen molar-refractivity contribution in [3.8, 4) is 5.75 Å². The highest BCUT2D eigenvalue weighted by atomic mass is 32.2. The van der Waals surface area contributed by atoms with Gasteiger partial charge in [0.15, 0.2) is 0 Å². The van der Waals surface area contributed by atoms with Gasteiger partial charge in [-0.25, -0.2) is 0 Å². The summed E-state index contributed by atoms with van der Waals surface area (Å²) in [6.07, 6.45) is 0.895. The Morgan fingerprint density at radius 2 is 2.05 bits per heavy atom. The van der Waals surface area contributed by atoms with Gasteiger partial charge in [-0.3, -0.25) is 9.00 Å². The summed E-state index contributed by atoms with van der Waals surface area (Å²) in [4.78, 5) is 12.5. The second-order valence-electron chi connectivity index (χ2n) is 5.32. The average molecular weight is 312 g/mol. The first kappa shape index (κ1) is 17.5. The minimum absolute atomic E-state index is 0.226. The van der Waals surface area contributed by atoms with Crippen molar-refractivity contribution in [2.24, 2.45) is 5.92 Å². The number of methoxy groups -OCH3 is 1. The Balaban J connectivity index is 2.75. The molecule has 1 aromatic carbocycles. The monoisotopic (exact) mass is 312 g/mol. The van der Waals surface area contributed by atoms with E-state index in [1.54, 1.807) is 25.1 Å². The molecule has 0 heterocycles. The number of anilines is 1. The van der Waals surface area contributed by atoms with E-state index in [9.17, 15) is 9.00 Å². The van der Waals surface area contributed by atoms with Crippen LogP contribution in [0.4, 0.5) is 5.69 Å². The van der Waals surface area contributed by atoms with Crippen LogP contribution < -0.4 is 15.8 Å². The lowest BCUT2D eigenvalue weighted by atomic mass is 10.1. The molecule has 0 radical (unpaired) electrons. The van der Waals surface area contributed by atoms with E-state index in [1.165, 1.54) is 7.11 Å². The van der Waals surface area contributed by atoms with E-state index < -0.39 is 16.0 Å². The lowest BCUT2D eigenvalue weighted by Gasteiger charge is -2.14. The predicted octanol–water partition coefficient (Wildman–Crippen LogP) is 1.94. The number of nitrogens with one attached hydrogen (secondary N) is 1. The van der Waals surface area contributed by atoms with Crippen LogP contribution in [0.5, 0.6) is 5.75 Å². The van der Waals surface area contributed by atoms with Gasteiger partial charge in [-0.1, -0.05) is 13.8 Å². The van der Waals surface area contributed by atoms with Crippen LogP contribution in [0.15, 0.2) is 23.1 Å². The predicted molar refractivity (Wildman–Crippen MR) is 85.7 cm³/mol. The quantitative estimate of drug-likeness (QED) is 0.754. The summed E-state index contributed by atoms with van der Waals surface area (Å²) >= 11 is 0. The molecular weight excluding hydrogens is 288 g/mol. The van der Waals surface area contributed by atoms with Gasteiger partial charge < -0.3 is 15.8 Å². The number of nitrogens with two attached hydrogens (primary N) is 1. The molecule has 0 bridgehead atoms. The first-order valence-electron chi connectivity index (χ1n) is 6.98. The molecule has 0 saturated carbocycles. The van der Waals surface area contributed by atoms with Crippen molar-refractivity contribution in [1.29, 1.82) is 0 Å². The first-order chi connectivity index (χ1) is 9.86. The molecule has 1 aromatic rings. The maximum atomic E-state index is 12.5. The van der Waals surface area contributed by atoms with E-state index in [0.717, 1.165) is 6.42 Å². The highest BCUT2D eigenvalue weighted by Gasteiger charge is 2.23. The van der Waals surface area contributed by atoms with Gasteiger partial charge in [0.25, 0.3) is 0 Å². The van der Waals surface area contributed by atoms with E-state index in [4.69, 9.17) is 10.5 Å². The largest absolute Gasteiger partial charge is 0.497 e. The SMILES string of the molecule is COc1ccc(N)c(S(=O)C(C)C(=O)NCCC(C)C)c1. The maximum absolute atomic E-state index is 12.5. The molecule has 0 aliphatic heterocycles. The minimum atomic E-state index is -1.51. The molecule has 21 heavy (non-hydrogen) atoms. The molecule has 3 N–H and O–H groups in total. The summed E-state index contributed by atoms with van der Waals surface area (Å²) in [6, 6.07) is 4.95. The molecule has 2 unspecified atom stereocenters. The zero-order valence-corrected chi connectivity index (χ0v) is 13.8. The average Bonchev–Trinajstić information content (AvgIpc) is 2.45. The number of carbonyl (C=O) groups is 1. The molecule has 118 valence electrons. The van der Waals surface area contributed by atoms with E-state index in [0.29, 0.717) is 28.8 Å². The van der Waals surface area contributed by atoms with E-state index in [2.05, 4.69) is 19.2 Å². The van der Waals surface area contributed by atoms with Crippen molar-refractivity contribution in [3.63, 3.8) is 0 Å². The number of benzene rings is 1. The zero-order valence-electron chi connectivity index (χ0n) is 13.0. The molecule has 2 atom stereocenters. The Morgan fingerprint density at radius 1 is 1.38 bits per heavy atom. The molecule has 0 aromatic heterocycles.